The van der Waals surface area contributed by atoms with Crippen molar-refractivity contribution in [3.8, 4) is 17.0 Å². The van der Waals surface area contributed by atoms with E-state index < -0.39 is 10.1 Å². The van der Waals surface area contributed by atoms with Crippen LogP contribution in [-0.2, 0) is 10.1 Å². The Morgan fingerprint density at radius 2 is 1.50 bits per heavy atom. The normalized spacial score (nSPS) is 11.4. The van der Waals surface area contributed by atoms with Gasteiger partial charge in [0, 0.05) is 23.2 Å². The van der Waals surface area contributed by atoms with Crippen LogP contribution in [0.25, 0.3) is 22.2 Å². The third-order valence-electron chi connectivity index (χ3n) is 5.43. The number of amides is 1. The molecule has 0 fully saturated rings. The van der Waals surface area contributed by atoms with Crippen LogP contribution in [0.5, 0.6) is 5.75 Å². The zero-order valence-electron chi connectivity index (χ0n) is 19.1. The lowest BCUT2D eigenvalue weighted by atomic mass is 10.0. The number of fused-ring (bicyclic) bond motifs is 1. The minimum atomic E-state index is -3.94. The quantitative estimate of drug-likeness (QED) is 0.307. The summed E-state index contributed by atoms with van der Waals surface area (Å²) in [6, 6.07) is 25.7. The molecule has 0 atom stereocenters. The Bertz CT molecular complexity index is 1410. The number of rotatable bonds is 8. The maximum atomic E-state index is 14.2. The van der Waals surface area contributed by atoms with Crippen LogP contribution in [0, 0.1) is 0 Å². The van der Waals surface area contributed by atoms with Crippen LogP contribution < -0.4 is 9.08 Å². The van der Waals surface area contributed by atoms with Crippen molar-refractivity contribution in [1.29, 1.82) is 0 Å². The predicted octanol–water partition coefficient (Wildman–Crippen LogP) is 5.69. The maximum absolute atomic E-state index is 14.2. The third-order valence-corrected chi connectivity index (χ3v) is 6.56. The van der Waals surface area contributed by atoms with Gasteiger partial charge in [-0.05, 0) is 31.5 Å². The van der Waals surface area contributed by atoms with Gasteiger partial charge in [-0.3, -0.25) is 4.79 Å². The highest BCUT2D eigenvalue weighted by Gasteiger charge is 2.29. The summed E-state index contributed by atoms with van der Waals surface area (Å²) in [4.78, 5) is 20.5. The first kappa shape index (κ1) is 23.4. The highest BCUT2D eigenvalue weighted by atomic mass is 32.2. The number of nitrogens with zero attached hydrogens (tertiary/aromatic N) is 2. The van der Waals surface area contributed by atoms with Crippen LogP contribution in [0.1, 0.15) is 30.6 Å². The zero-order chi connectivity index (χ0) is 24.1. The Labute approximate surface area is 200 Å². The summed E-state index contributed by atoms with van der Waals surface area (Å²) in [6.07, 6.45) is 0.721. The van der Waals surface area contributed by atoms with Crippen LogP contribution in [0.2, 0.25) is 0 Å². The van der Waals surface area contributed by atoms with Gasteiger partial charge in [0.15, 0.2) is 5.75 Å². The second-order valence-corrected chi connectivity index (χ2v) is 9.63. The first-order chi connectivity index (χ1) is 16.4. The second-order valence-electron chi connectivity index (χ2n) is 7.77. The van der Waals surface area contributed by atoms with E-state index in [1.807, 2.05) is 79.7 Å². The van der Waals surface area contributed by atoms with Crippen molar-refractivity contribution in [2.75, 3.05) is 17.2 Å². The molecule has 0 saturated heterocycles. The lowest BCUT2D eigenvalue weighted by molar-refractivity contribution is 0.0987. The lowest BCUT2D eigenvalue weighted by Gasteiger charge is -2.25. The Kier molecular flexibility index (Phi) is 6.93. The summed E-state index contributed by atoms with van der Waals surface area (Å²) in [5, 5.41) is 0.533. The summed E-state index contributed by atoms with van der Waals surface area (Å²) in [5.74, 6) is -0.627. The average Bonchev–Trinajstić information content (AvgIpc) is 2.87. The number of carbonyl (C=O) groups excluding carboxylic acids is 1. The average molecular weight is 475 g/mol. The zero-order valence-corrected chi connectivity index (χ0v) is 20.0. The van der Waals surface area contributed by atoms with Gasteiger partial charge in [-0.2, -0.15) is 8.42 Å². The molecule has 4 rings (SSSR count). The number of anilines is 1. The fraction of sp³-hybridized carbons (Fsp3) is 0.185. The number of carbonyl (C=O) groups is 1. The van der Waals surface area contributed by atoms with Gasteiger partial charge in [-0.15, -0.1) is 0 Å². The molecule has 0 unspecified atom stereocenters. The van der Waals surface area contributed by atoms with Gasteiger partial charge in [0.2, 0.25) is 0 Å². The Morgan fingerprint density at radius 1 is 0.882 bits per heavy atom. The fourth-order valence-corrected chi connectivity index (χ4v) is 4.31. The summed E-state index contributed by atoms with van der Waals surface area (Å²) in [5.41, 5.74) is 2.45. The van der Waals surface area contributed by atoms with Crippen molar-refractivity contribution < 1.29 is 17.4 Å². The van der Waals surface area contributed by atoms with Crippen molar-refractivity contribution in [3.05, 3.63) is 90.5 Å². The number of pyridine rings is 1. The molecule has 3 aromatic carbocycles. The third kappa shape index (κ3) is 4.79. The Morgan fingerprint density at radius 3 is 2.15 bits per heavy atom. The van der Waals surface area contributed by atoms with Crippen LogP contribution >= 0.6 is 0 Å². The predicted molar refractivity (Wildman–Crippen MR) is 136 cm³/mol. The molecule has 4 aromatic rings. The summed E-state index contributed by atoms with van der Waals surface area (Å²) in [7, 11) is -3.94. The monoisotopic (exact) mass is 474 g/mol. The van der Waals surface area contributed by atoms with Crippen LogP contribution in [0.3, 0.4) is 0 Å². The fourth-order valence-electron chi connectivity index (χ4n) is 3.78. The number of hydrogen-bond donors (Lipinski definition) is 0. The van der Waals surface area contributed by atoms with Crippen molar-refractivity contribution in [2.24, 2.45) is 0 Å². The van der Waals surface area contributed by atoms with E-state index in [0.717, 1.165) is 12.1 Å². The molecule has 174 valence electrons. The molecule has 0 aliphatic carbocycles. The number of para-hydroxylation sites is 2. The molecular weight excluding hydrogens is 448 g/mol. The minimum Gasteiger partial charge on any atom is -0.379 e. The molecule has 0 spiro atoms. The molecule has 1 heterocycles. The van der Waals surface area contributed by atoms with E-state index in [2.05, 4.69) is 0 Å². The van der Waals surface area contributed by atoms with Gasteiger partial charge >= 0.3 is 10.1 Å². The molecule has 0 aliphatic heterocycles. The van der Waals surface area contributed by atoms with E-state index in [4.69, 9.17) is 9.17 Å². The molecule has 0 bridgehead atoms. The van der Waals surface area contributed by atoms with Gasteiger partial charge in [-0.1, -0.05) is 73.7 Å². The summed E-state index contributed by atoms with van der Waals surface area (Å²) in [6.45, 7) is 3.95. The van der Waals surface area contributed by atoms with E-state index in [9.17, 15) is 13.2 Å². The van der Waals surface area contributed by atoms with Gasteiger partial charge in [-0.25, -0.2) is 4.98 Å². The van der Waals surface area contributed by atoms with Gasteiger partial charge < -0.3 is 9.08 Å². The molecular formula is C27H26N2O4S. The van der Waals surface area contributed by atoms with E-state index >= 15 is 0 Å². The number of hydrogen-bond acceptors (Lipinski definition) is 5. The van der Waals surface area contributed by atoms with Crippen LogP contribution in [-0.4, -0.2) is 31.6 Å². The Hall–Kier alpha value is -3.71. The van der Waals surface area contributed by atoms with E-state index in [-0.39, 0.29) is 23.0 Å². The van der Waals surface area contributed by atoms with Crippen molar-refractivity contribution in [1.82, 2.24) is 4.98 Å². The SMILES string of the molecule is CCCN(C(=O)c1c(OS(=O)(=O)CC)c(-c2ccccc2)nc2ccccc12)c1ccccc1. The molecule has 6 nitrogen and oxygen atoms in total. The largest absolute Gasteiger partial charge is 0.379 e. The van der Waals surface area contributed by atoms with Crippen LogP contribution in [0.15, 0.2) is 84.9 Å². The first-order valence-corrected chi connectivity index (χ1v) is 12.8. The molecule has 1 amide bonds. The smallest absolute Gasteiger partial charge is 0.308 e. The molecule has 0 saturated carbocycles. The minimum absolute atomic E-state index is 0.0474. The lowest BCUT2D eigenvalue weighted by Crippen LogP contribution is -2.32. The van der Waals surface area contributed by atoms with E-state index in [0.29, 0.717) is 28.7 Å². The van der Waals surface area contributed by atoms with Gasteiger partial charge in [0.1, 0.15) is 5.69 Å². The van der Waals surface area contributed by atoms with Gasteiger partial charge in [0.05, 0.1) is 16.8 Å². The molecule has 1 aromatic heterocycles. The topological polar surface area (TPSA) is 76.6 Å². The number of benzene rings is 3. The summed E-state index contributed by atoms with van der Waals surface area (Å²) >= 11 is 0. The highest BCUT2D eigenvalue weighted by Crippen LogP contribution is 2.38. The molecule has 0 N–H and O–H groups in total. The van der Waals surface area contributed by atoms with E-state index in [1.54, 1.807) is 17.0 Å². The van der Waals surface area contributed by atoms with Crippen molar-refractivity contribution >= 4 is 32.6 Å². The van der Waals surface area contributed by atoms with Crippen molar-refractivity contribution in [2.45, 2.75) is 20.3 Å². The standard InChI is InChI=1S/C27H26N2O4S/c1-3-19-29(21-15-9-6-10-16-21)27(30)24-22-17-11-12-18-23(22)28-25(20-13-7-5-8-14-20)26(24)33-34(31,32)4-2/h5-18H,3-4,19H2,1-2H3. The van der Waals surface area contributed by atoms with E-state index in [1.165, 1.54) is 6.92 Å². The summed E-state index contributed by atoms with van der Waals surface area (Å²) < 4.78 is 30.9. The number of aromatic nitrogens is 1. The first-order valence-electron chi connectivity index (χ1n) is 11.2. The highest BCUT2D eigenvalue weighted by molar-refractivity contribution is 7.87. The molecule has 0 radical (unpaired) electrons. The molecule has 0 aliphatic rings. The maximum Gasteiger partial charge on any atom is 0.308 e. The van der Waals surface area contributed by atoms with Crippen LogP contribution in [0.4, 0.5) is 5.69 Å². The Balaban J connectivity index is 2.05. The molecule has 7 heteroatoms. The van der Waals surface area contributed by atoms with Crippen molar-refractivity contribution in [3.63, 3.8) is 0 Å². The molecule has 34 heavy (non-hydrogen) atoms. The second kappa shape index (κ2) is 10.1. The van der Waals surface area contributed by atoms with Gasteiger partial charge in [0.25, 0.3) is 5.91 Å².